The number of carbonyl (C=O) groups excluding carboxylic acids is 1. The van der Waals surface area contributed by atoms with Gasteiger partial charge in [0.2, 0.25) is 0 Å². The molecular formula is C26H34N6O2. The lowest BCUT2D eigenvalue weighted by molar-refractivity contribution is 0.0240. The number of nitrogens with zero attached hydrogens (tertiary/aromatic N) is 6. The Labute approximate surface area is 201 Å². The highest BCUT2D eigenvalue weighted by Gasteiger charge is 2.28. The maximum absolute atomic E-state index is 12.4. The minimum absolute atomic E-state index is 0.217. The summed E-state index contributed by atoms with van der Waals surface area (Å²) in [5.41, 5.74) is 5.66. The molecule has 34 heavy (non-hydrogen) atoms. The van der Waals surface area contributed by atoms with Gasteiger partial charge in [-0.25, -0.2) is 9.78 Å². The molecule has 2 aromatic heterocycles. The summed E-state index contributed by atoms with van der Waals surface area (Å²) in [7, 11) is 1.93. The van der Waals surface area contributed by atoms with Gasteiger partial charge < -0.3 is 19.4 Å². The number of ether oxygens (including phenoxy) is 1. The van der Waals surface area contributed by atoms with Crippen molar-refractivity contribution in [1.82, 2.24) is 19.7 Å². The van der Waals surface area contributed by atoms with Gasteiger partial charge in [-0.1, -0.05) is 13.0 Å². The van der Waals surface area contributed by atoms with E-state index in [9.17, 15) is 4.79 Å². The second kappa shape index (κ2) is 8.49. The number of aromatic nitrogens is 3. The Hall–Kier alpha value is -3.29. The lowest BCUT2D eigenvalue weighted by Crippen LogP contribution is -2.50. The van der Waals surface area contributed by atoms with Gasteiger partial charge in [-0.15, -0.1) is 0 Å². The Balaban J connectivity index is 1.30. The quantitative estimate of drug-likeness (QED) is 0.570. The molecule has 2 aliphatic heterocycles. The van der Waals surface area contributed by atoms with Gasteiger partial charge in [-0.3, -0.25) is 4.68 Å². The number of anilines is 2. The molecule has 0 saturated carbocycles. The minimum Gasteiger partial charge on any atom is -0.444 e. The SMILES string of the molecule is C[C@H]1CN(c2ccnc3c2cnn3C)Cc2ccc(N3CCN(C(=O)OC(C)(C)C)CC3)cc21. The van der Waals surface area contributed by atoms with Crippen LogP contribution in [-0.4, -0.2) is 64.1 Å². The Bertz CT molecular complexity index is 1210. The molecule has 1 amide bonds. The van der Waals surface area contributed by atoms with Crippen molar-refractivity contribution in [1.29, 1.82) is 0 Å². The fourth-order valence-corrected chi connectivity index (χ4v) is 5.05. The zero-order valence-corrected chi connectivity index (χ0v) is 20.8. The van der Waals surface area contributed by atoms with E-state index < -0.39 is 5.60 Å². The van der Waals surface area contributed by atoms with Crippen LogP contribution in [0.2, 0.25) is 0 Å². The minimum atomic E-state index is -0.463. The number of amides is 1. The molecule has 8 nitrogen and oxygen atoms in total. The standard InChI is InChI=1S/C26H34N6O2/c1-18-16-32(23-8-9-27-24-22(23)15-28-29(24)5)17-19-6-7-20(14-21(18)19)30-10-12-31(13-11-30)25(33)34-26(2,3)4/h6-9,14-15,18H,10-13,16-17H2,1-5H3/t18-/m0/s1. The van der Waals surface area contributed by atoms with E-state index in [0.29, 0.717) is 19.0 Å². The summed E-state index contributed by atoms with van der Waals surface area (Å²) in [4.78, 5) is 23.5. The first-order valence-electron chi connectivity index (χ1n) is 12.1. The fourth-order valence-electron chi connectivity index (χ4n) is 5.05. The monoisotopic (exact) mass is 462 g/mol. The Morgan fingerprint density at radius 3 is 2.59 bits per heavy atom. The first kappa shape index (κ1) is 22.5. The van der Waals surface area contributed by atoms with Gasteiger partial charge in [0.25, 0.3) is 0 Å². The van der Waals surface area contributed by atoms with Gasteiger partial charge in [-0.05, 0) is 56.0 Å². The Morgan fingerprint density at radius 1 is 1.09 bits per heavy atom. The maximum atomic E-state index is 12.4. The summed E-state index contributed by atoms with van der Waals surface area (Å²) in [6.45, 7) is 12.8. The van der Waals surface area contributed by atoms with Crippen LogP contribution in [0.3, 0.4) is 0 Å². The van der Waals surface area contributed by atoms with Crippen molar-refractivity contribution in [3.8, 4) is 0 Å². The Morgan fingerprint density at radius 2 is 1.85 bits per heavy atom. The number of aryl methyl sites for hydroxylation is 1. The molecule has 0 aliphatic carbocycles. The molecule has 8 heteroatoms. The van der Waals surface area contributed by atoms with Gasteiger partial charge in [-0.2, -0.15) is 5.10 Å². The Kier molecular flexibility index (Phi) is 5.62. The van der Waals surface area contributed by atoms with Crippen LogP contribution in [0.25, 0.3) is 11.0 Å². The molecule has 5 rings (SSSR count). The van der Waals surface area contributed by atoms with Gasteiger partial charge >= 0.3 is 6.09 Å². The molecule has 180 valence electrons. The van der Waals surface area contributed by atoms with Crippen LogP contribution in [0, 0.1) is 0 Å². The lowest BCUT2D eigenvalue weighted by Gasteiger charge is -2.38. The van der Waals surface area contributed by atoms with Crippen LogP contribution in [-0.2, 0) is 18.3 Å². The summed E-state index contributed by atoms with van der Waals surface area (Å²) < 4.78 is 7.36. The molecule has 1 saturated heterocycles. The first-order valence-corrected chi connectivity index (χ1v) is 12.1. The molecule has 0 bridgehead atoms. The van der Waals surface area contributed by atoms with E-state index in [1.165, 1.54) is 22.5 Å². The molecule has 3 aromatic rings. The second-order valence-electron chi connectivity index (χ2n) is 10.5. The van der Waals surface area contributed by atoms with Crippen molar-refractivity contribution < 1.29 is 9.53 Å². The summed E-state index contributed by atoms with van der Waals surface area (Å²) in [6.07, 6.45) is 3.57. The number of hydrogen-bond donors (Lipinski definition) is 0. The van der Waals surface area contributed by atoms with E-state index in [4.69, 9.17) is 4.74 Å². The highest BCUT2D eigenvalue weighted by atomic mass is 16.6. The third kappa shape index (κ3) is 4.29. The number of rotatable bonds is 2. The van der Waals surface area contributed by atoms with E-state index in [1.54, 1.807) is 0 Å². The van der Waals surface area contributed by atoms with E-state index in [-0.39, 0.29) is 6.09 Å². The zero-order valence-electron chi connectivity index (χ0n) is 20.8. The van der Waals surface area contributed by atoms with Gasteiger partial charge in [0, 0.05) is 58.2 Å². The van der Waals surface area contributed by atoms with Crippen molar-refractivity contribution in [2.24, 2.45) is 7.05 Å². The van der Waals surface area contributed by atoms with Crippen molar-refractivity contribution in [2.75, 3.05) is 42.5 Å². The molecule has 1 fully saturated rings. The average Bonchev–Trinajstić information content (AvgIpc) is 3.19. The van der Waals surface area contributed by atoms with E-state index >= 15 is 0 Å². The van der Waals surface area contributed by atoms with Crippen LogP contribution < -0.4 is 9.80 Å². The summed E-state index contributed by atoms with van der Waals surface area (Å²) in [5, 5.41) is 5.50. The zero-order chi connectivity index (χ0) is 24.0. The van der Waals surface area contributed by atoms with Crippen LogP contribution in [0.4, 0.5) is 16.2 Å². The largest absolute Gasteiger partial charge is 0.444 e. The predicted octanol–water partition coefficient (Wildman–Crippen LogP) is 4.15. The number of fused-ring (bicyclic) bond motifs is 2. The summed E-state index contributed by atoms with van der Waals surface area (Å²) >= 11 is 0. The number of benzene rings is 1. The van der Waals surface area contributed by atoms with Gasteiger partial charge in [0.1, 0.15) is 5.60 Å². The van der Waals surface area contributed by atoms with Crippen molar-refractivity contribution in [3.05, 3.63) is 47.8 Å². The normalized spacial score (nSPS) is 18.9. The van der Waals surface area contributed by atoms with Crippen LogP contribution in [0.5, 0.6) is 0 Å². The maximum Gasteiger partial charge on any atom is 0.410 e. The highest BCUT2D eigenvalue weighted by Crippen LogP contribution is 2.36. The van der Waals surface area contributed by atoms with Crippen molar-refractivity contribution in [3.63, 3.8) is 0 Å². The lowest BCUT2D eigenvalue weighted by atomic mass is 9.90. The van der Waals surface area contributed by atoms with Crippen molar-refractivity contribution >= 4 is 28.5 Å². The molecule has 1 atom stereocenters. The molecule has 4 heterocycles. The smallest absolute Gasteiger partial charge is 0.410 e. The first-order chi connectivity index (χ1) is 16.2. The van der Waals surface area contributed by atoms with Crippen molar-refractivity contribution in [2.45, 2.75) is 45.8 Å². The molecular weight excluding hydrogens is 428 g/mol. The third-order valence-corrected chi connectivity index (χ3v) is 6.77. The van der Waals surface area contributed by atoms with Crippen LogP contribution in [0.1, 0.15) is 44.7 Å². The van der Waals surface area contributed by atoms with Crippen LogP contribution >= 0.6 is 0 Å². The average molecular weight is 463 g/mol. The number of hydrogen-bond acceptors (Lipinski definition) is 6. The highest BCUT2D eigenvalue weighted by molar-refractivity contribution is 5.89. The number of piperazine rings is 1. The van der Waals surface area contributed by atoms with Crippen LogP contribution in [0.15, 0.2) is 36.7 Å². The molecule has 0 spiro atoms. The molecule has 0 unspecified atom stereocenters. The van der Waals surface area contributed by atoms with E-state index in [0.717, 1.165) is 37.2 Å². The van der Waals surface area contributed by atoms with Gasteiger partial charge in [0.15, 0.2) is 5.65 Å². The summed E-state index contributed by atoms with van der Waals surface area (Å²) in [5.74, 6) is 0.409. The number of carbonyl (C=O) groups is 1. The van der Waals surface area contributed by atoms with E-state index in [2.05, 4.69) is 51.1 Å². The second-order valence-corrected chi connectivity index (χ2v) is 10.5. The fraction of sp³-hybridized carbons (Fsp3) is 0.500. The molecule has 0 N–H and O–H groups in total. The summed E-state index contributed by atoms with van der Waals surface area (Å²) in [6, 6.07) is 8.95. The topological polar surface area (TPSA) is 66.7 Å². The molecule has 1 aromatic carbocycles. The number of pyridine rings is 1. The predicted molar refractivity (Wildman–Crippen MR) is 134 cm³/mol. The third-order valence-electron chi connectivity index (χ3n) is 6.77. The van der Waals surface area contributed by atoms with Gasteiger partial charge in [0.05, 0.1) is 17.3 Å². The van der Waals surface area contributed by atoms with E-state index in [1.807, 2.05) is 49.8 Å². The molecule has 0 radical (unpaired) electrons. The molecule has 2 aliphatic rings.